The fourth-order valence-corrected chi connectivity index (χ4v) is 9.70. The Balaban J connectivity index is 1.58. The molecule has 36 heavy (non-hydrogen) atoms. The average Bonchev–Trinajstić information content (AvgIpc) is 3.49. The number of fused-ring (bicyclic) bond motifs is 2. The monoisotopic (exact) mass is 620 g/mol. The van der Waals surface area contributed by atoms with Crippen LogP contribution in [0.3, 0.4) is 0 Å². The standard InChI is InChI=1S/C27H33IN2O5Si/c1-17-25(36(2,3)34)23(15-24(32)29-13-7-10-20(29)16-31)35-27(17)21-14-18(28)11-12-22(21)30(26(27)33)19-8-5-4-6-9-19/h4-6,8-9,11-12,14,17,20,23,25,31,34H,7,10,13,15-16H2,1-3H3/t17-,20-,23+,25-,27+/m0/s1. The summed E-state index contributed by atoms with van der Waals surface area (Å²) < 4.78 is 7.77. The first kappa shape index (κ1) is 25.8. The number of hydrogen-bond acceptors (Lipinski definition) is 5. The van der Waals surface area contributed by atoms with Gasteiger partial charge in [0, 0.05) is 32.8 Å². The van der Waals surface area contributed by atoms with E-state index in [1.807, 2.05) is 68.5 Å². The van der Waals surface area contributed by atoms with Gasteiger partial charge in [0.05, 0.1) is 30.9 Å². The zero-order valence-electron chi connectivity index (χ0n) is 20.9. The smallest absolute Gasteiger partial charge is 0.268 e. The van der Waals surface area contributed by atoms with E-state index in [0.717, 1.165) is 33.4 Å². The lowest BCUT2D eigenvalue weighted by Crippen LogP contribution is -2.45. The first-order valence-electron chi connectivity index (χ1n) is 12.6. The second kappa shape index (κ2) is 9.50. The number of likely N-dealkylation sites (tertiary alicyclic amines) is 1. The third kappa shape index (κ3) is 4.03. The molecule has 3 heterocycles. The largest absolute Gasteiger partial charge is 0.432 e. The van der Waals surface area contributed by atoms with E-state index in [4.69, 9.17) is 4.74 Å². The van der Waals surface area contributed by atoms with Crippen molar-refractivity contribution in [2.45, 2.75) is 62.6 Å². The minimum absolute atomic E-state index is 0.0579. The van der Waals surface area contributed by atoms with Crippen LogP contribution in [0.5, 0.6) is 0 Å². The van der Waals surface area contributed by atoms with Crippen LogP contribution in [0, 0.1) is 9.49 Å². The molecule has 0 aromatic heterocycles. The van der Waals surface area contributed by atoms with Crippen molar-refractivity contribution in [1.29, 1.82) is 0 Å². The maximum atomic E-state index is 14.4. The van der Waals surface area contributed by atoms with Crippen LogP contribution in [0.25, 0.3) is 0 Å². The molecule has 7 nitrogen and oxygen atoms in total. The van der Waals surface area contributed by atoms with Crippen LogP contribution >= 0.6 is 22.6 Å². The van der Waals surface area contributed by atoms with Crippen molar-refractivity contribution in [3.05, 3.63) is 57.7 Å². The number of halogens is 1. The minimum Gasteiger partial charge on any atom is -0.432 e. The number of rotatable bonds is 5. The zero-order chi connectivity index (χ0) is 25.8. The van der Waals surface area contributed by atoms with Gasteiger partial charge in [0.2, 0.25) is 5.91 Å². The summed E-state index contributed by atoms with van der Waals surface area (Å²) in [6, 6.07) is 15.3. The molecule has 2 amide bonds. The molecule has 2 N–H and O–H groups in total. The van der Waals surface area contributed by atoms with Gasteiger partial charge in [0.25, 0.3) is 5.91 Å². The molecule has 0 saturated carbocycles. The maximum absolute atomic E-state index is 14.4. The van der Waals surface area contributed by atoms with Crippen LogP contribution in [0.1, 0.15) is 31.7 Å². The molecule has 192 valence electrons. The summed E-state index contributed by atoms with van der Waals surface area (Å²) in [4.78, 5) is 42.6. The van der Waals surface area contributed by atoms with Gasteiger partial charge in [-0.15, -0.1) is 0 Å². The Bertz CT molecular complexity index is 1170. The minimum atomic E-state index is -2.86. The Morgan fingerprint density at radius 3 is 2.61 bits per heavy atom. The highest BCUT2D eigenvalue weighted by molar-refractivity contribution is 14.1. The molecule has 3 aliphatic heterocycles. The highest BCUT2D eigenvalue weighted by Crippen LogP contribution is 2.60. The van der Waals surface area contributed by atoms with Crippen LogP contribution in [-0.4, -0.2) is 60.2 Å². The molecule has 9 heteroatoms. The summed E-state index contributed by atoms with van der Waals surface area (Å²) in [5, 5.41) is 9.74. The van der Waals surface area contributed by atoms with Crippen LogP contribution in [0.4, 0.5) is 11.4 Å². The van der Waals surface area contributed by atoms with Crippen molar-refractivity contribution in [2.75, 3.05) is 18.1 Å². The van der Waals surface area contributed by atoms with Crippen molar-refractivity contribution in [1.82, 2.24) is 4.90 Å². The number of amides is 2. The lowest BCUT2D eigenvalue weighted by atomic mass is 9.82. The van der Waals surface area contributed by atoms with Gasteiger partial charge in [-0.05, 0) is 78.9 Å². The number of ether oxygens (including phenoxy) is 1. The third-order valence-corrected chi connectivity index (χ3v) is 11.3. The number of aliphatic hydroxyl groups excluding tert-OH is 1. The van der Waals surface area contributed by atoms with Gasteiger partial charge in [0.15, 0.2) is 13.9 Å². The second-order valence-corrected chi connectivity index (χ2v) is 16.0. The summed E-state index contributed by atoms with van der Waals surface area (Å²) in [6.45, 7) is 6.28. The number of carbonyl (C=O) groups is 2. The number of hydrogen-bond donors (Lipinski definition) is 2. The summed E-state index contributed by atoms with van der Waals surface area (Å²) in [5.41, 5.74) is 0.736. The molecule has 2 aromatic carbocycles. The van der Waals surface area contributed by atoms with Crippen molar-refractivity contribution in [3.63, 3.8) is 0 Å². The number of benzene rings is 2. The quantitative estimate of drug-likeness (QED) is 0.388. The fraction of sp³-hybridized carbons (Fsp3) is 0.481. The lowest BCUT2D eigenvalue weighted by Gasteiger charge is -2.32. The summed E-state index contributed by atoms with van der Waals surface area (Å²) in [5.74, 6) is -0.588. The van der Waals surface area contributed by atoms with Gasteiger partial charge in [-0.3, -0.25) is 14.5 Å². The van der Waals surface area contributed by atoms with Crippen LogP contribution in [0.15, 0.2) is 48.5 Å². The van der Waals surface area contributed by atoms with Gasteiger partial charge < -0.3 is 19.5 Å². The van der Waals surface area contributed by atoms with Gasteiger partial charge in [-0.25, -0.2) is 0 Å². The predicted molar refractivity (Wildman–Crippen MR) is 148 cm³/mol. The number of aliphatic hydroxyl groups is 1. The van der Waals surface area contributed by atoms with Crippen molar-refractivity contribution in [2.24, 2.45) is 5.92 Å². The third-order valence-electron chi connectivity index (χ3n) is 8.15. The summed E-state index contributed by atoms with van der Waals surface area (Å²) in [7, 11) is -2.86. The van der Waals surface area contributed by atoms with E-state index >= 15 is 0 Å². The molecule has 5 atom stereocenters. The Labute approximate surface area is 226 Å². The Morgan fingerprint density at radius 2 is 1.94 bits per heavy atom. The van der Waals surface area contributed by atoms with Crippen molar-refractivity contribution in [3.8, 4) is 0 Å². The molecule has 2 aromatic rings. The van der Waals surface area contributed by atoms with E-state index in [1.165, 1.54) is 0 Å². The molecule has 0 unspecified atom stereocenters. The Hall–Kier alpha value is -1.79. The molecule has 3 aliphatic rings. The summed E-state index contributed by atoms with van der Waals surface area (Å²) >= 11 is 2.25. The van der Waals surface area contributed by atoms with Crippen LogP contribution < -0.4 is 4.90 Å². The van der Waals surface area contributed by atoms with Crippen LogP contribution in [-0.2, 0) is 19.9 Å². The second-order valence-electron chi connectivity index (χ2n) is 10.8. The average molecular weight is 621 g/mol. The Kier molecular flexibility index (Phi) is 6.82. The molecular formula is C27H33IN2O5Si. The highest BCUT2D eigenvalue weighted by Gasteiger charge is 2.66. The molecular weight excluding hydrogens is 587 g/mol. The van der Waals surface area contributed by atoms with Gasteiger partial charge >= 0.3 is 0 Å². The Morgan fingerprint density at radius 1 is 1.22 bits per heavy atom. The predicted octanol–water partition coefficient (Wildman–Crippen LogP) is 4.14. The fourth-order valence-electron chi connectivity index (χ4n) is 6.65. The maximum Gasteiger partial charge on any atom is 0.268 e. The molecule has 1 spiro atoms. The number of para-hydroxylation sites is 1. The van der Waals surface area contributed by atoms with Gasteiger partial charge in [-0.1, -0.05) is 25.1 Å². The van der Waals surface area contributed by atoms with Gasteiger partial charge in [-0.2, -0.15) is 0 Å². The normalized spacial score (nSPS) is 29.9. The van der Waals surface area contributed by atoms with Crippen molar-refractivity contribution >= 4 is 54.1 Å². The SMILES string of the molecule is C[C@H]1[C@H]([Si](C)(C)O)[C@@H](CC(=O)N2CCC[C@H]2CO)O[C@]12C(=O)N(c1ccccc1)c1ccc(I)cc12. The van der Waals surface area contributed by atoms with E-state index in [2.05, 4.69) is 22.6 Å². The van der Waals surface area contributed by atoms with Gasteiger partial charge in [0.1, 0.15) is 0 Å². The van der Waals surface area contributed by atoms with Crippen LogP contribution in [0.2, 0.25) is 18.6 Å². The summed E-state index contributed by atoms with van der Waals surface area (Å²) in [6.07, 6.45) is 1.14. The number of anilines is 2. The molecule has 5 rings (SSSR count). The lowest BCUT2D eigenvalue weighted by molar-refractivity contribution is -0.149. The molecule has 2 fully saturated rings. The molecule has 0 aliphatic carbocycles. The topological polar surface area (TPSA) is 90.3 Å². The molecule has 0 radical (unpaired) electrons. The first-order chi connectivity index (χ1) is 17.1. The van der Waals surface area contributed by atoms with Crippen molar-refractivity contribution < 1.29 is 24.2 Å². The van der Waals surface area contributed by atoms with E-state index in [9.17, 15) is 19.5 Å². The van der Waals surface area contributed by atoms with E-state index in [1.54, 1.807) is 9.80 Å². The first-order valence-corrected chi connectivity index (χ1v) is 16.7. The number of carbonyl (C=O) groups excluding carboxylic acids is 2. The molecule has 0 bridgehead atoms. The van der Waals surface area contributed by atoms with E-state index in [-0.39, 0.29) is 42.3 Å². The van der Waals surface area contributed by atoms with E-state index in [0.29, 0.717) is 6.54 Å². The number of nitrogens with zero attached hydrogens (tertiary/aromatic N) is 2. The highest BCUT2D eigenvalue weighted by atomic mass is 127. The molecule has 2 saturated heterocycles. The van der Waals surface area contributed by atoms with E-state index < -0.39 is 20.0 Å². The zero-order valence-corrected chi connectivity index (χ0v) is 24.0.